The van der Waals surface area contributed by atoms with Gasteiger partial charge in [-0.05, 0) is 38.7 Å². The van der Waals surface area contributed by atoms with E-state index in [1.165, 1.54) is 19.2 Å². The van der Waals surface area contributed by atoms with Gasteiger partial charge < -0.3 is 10.6 Å². The lowest BCUT2D eigenvalue weighted by molar-refractivity contribution is -0.384. The highest BCUT2D eigenvalue weighted by molar-refractivity contribution is 7.89. The van der Waals surface area contributed by atoms with E-state index in [0.717, 1.165) is 12.6 Å². The van der Waals surface area contributed by atoms with E-state index in [4.69, 9.17) is 0 Å². The lowest BCUT2D eigenvalue weighted by atomic mass is 10.1. The second-order valence-corrected chi connectivity index (χ2v) is 6.57. The third-order valence-corrected chi connectivity index (χ3v) is 4.35. The SMILES string of the molecule is CNCC(C)CNc1ccc(S(=O)(=O)NC)cc1[N+](=O)[O-]. The summed E-state index contributed by atoms with van der Waals surface area (Å²) in [5, 5.41) is 17.1. The normalized spacial score (nSPS) is 12.9. The fourth-order valence-corrected chi connectivity index (χ4v) is 2.55. The van der Waals surface area contributed by atoms with Gasteiger partial charge in [0.25, 0.3) is 5.69 Å². The topological polar surface area (TPSA) is 113 Å². The summed E-state index contributed by atoms with van der Waals surface area (Å²) in [4.78, 5) is 10.4. The van der Waals surface area contributed by atoms with E-state index in [1.807, 2.05) is 14.0 Å². The molecule has 0 saturated carbocycles. The van der Waals surface area contributed by atoms with Crippen LogP contribution in [0.25, 0.3) is 0 Å². The maximum Gasteiger partial charge on any atom is 0.293 e. The zero-order chi connectivity index (χ0) is 16.0. The molecule has 118 valence electrons. The number of anilines is 1. The molecule has 1 rings (SSSR count). The van der Waals surface area contributed by atoms with Gasteiger partial charge in [-0.1, -0.05) is 6.92 Å². The summed E-state index contributed by atoms with van der Waals surface area (Å²) >= 11 is 0. The van der Waals surface area contributed by atoms with Crippen molar-refractivity contribution >= 4 is 21.4 Å². The zero-order valence-corrected chi connectivity index (χ0v) is 13.0. The Morgan fingerprint density at radius 3 is 2.48 bits per heavy atom. The highest BCUT2D eigenvalue weighted by Crippen LogP contribution is 2.27. The van der Waals surface area contributed by atoms with Crippen LogP contribution in [-0.2, 0) is 10.0 Å². The lowest BCUT2D eigenvalue weighted by Gasteiger charge is -2.13. The van der Waals surface area contributed by atoms with Crippen LogP contribution in [0.2, 0.25) is 0 Å². The van der Waals surface area contributed by atoms with Gasteiger partial charge in [0.05, 0.1) is 9.82 Å². The molecule has 0 aliphatic rings. The van der Waals surface area contributed by atoms with E-state index in [1.54, 1.807) is 0 Å². The molecule has 3 N–H and O–H groups in total. The van der Waals surface area contributed by atoms with Gasteiger partial charge in [-0.15, -0.1) is 0 Å². The van der Waals surface area contributed by atoms with Crippen molar-refractivity contribution in [2.75, 3.05) is 32.5 Å². The molecule has 1 aromatic carbocycles. The van der Waals surface area contributed by atoms with Crippen molar-refractivity contribution in [1.82, 2.24) is 10.0 Å². The van der Waals surface area contributed by atoms with Gasteiger partial charge in [-0.2, -0.15) is 0 Å². The predicted molar refractivity (Wildman–Crippen MR) is 80.9 cm³/mol. The smallest absolute Gasteiger partial charge is 0.293 e. The molecule has 8 nitrogen and oxygen atoms in total. The first-order valence-corrected chi connectivity index (χ1v) is 7.90. The fourth-order valence-electron chi connectivity index (χ4n) is 1.80. The standard InChI is InChI=1S/C12H20N4O4S/c1-9(7-13-2)8-15-11-5-4-10(21(19,20)14-3)6-12(11)16(17)18/h4-6,9,13-15H,7-8H2,1-3H3. The summed E-state index contributed by atoms with van der Waals surface area (Å²) in [7, 11) is -0.617. The Balaban J connectivity index is 3.03. The molecule has 9 heteroatoms. The molecule has 0 heterocycles. The first kappa shape index (κ1) is 17.3. The molecule has 0 amide bonds. The quantitative estimate of drug-likeness (QED) is 0.482. The number of sulfonamides is 1. The van der Waals surface area contributed by atoms with Crippen molar-refractivity contribution in [3.63, 3.8) is 0 Å². The molecule has 0 saturated heterocycles. The van der Waals surface area contributed by atoms with E-state index in [-0.39, 0.29) is 16.5 Å². The molecule has 1 aromatic rings. The maximum atomic E-state index is 11.7. The third-order valence-electron chi connectivity index (χ3n) is 2.94. The second-order valence-electron chi connectivity index (χ2n) is 4.69. The monoisotopic (exact) mass is 316 g/mol. The van der Waals surface area contributed by atoms with E-state index >= 15 is 0 Å². The van der Waals surface area contributed by atoms with Crippen LogP contribution in [0.15, 0.2) is 23.1 Å². The van der Waals surface area contributed by atoms with Gasteiger partial charge in [0.2, 0.25) is 10.0 Å². The first-order valence-electron chi connectivity index (χ1n) is 6.42. The molecule has 0 radical (unpaired) electrons. The first-order chi connectivity index (χ1) is 9.81. The number of nitro groups is 1. The van der Waals surface area contributed by atoms with Crippen LogP contribution < -0.4 is 15.4 Å². The predicted octanol–water partition coefficient (Wildman–Crippen LogP) is 0.770. The number of benzene rings is 1. The van der Waals surface area contributed by atoms with Gasteiger partial charge in [0.15, 0.2) is 0 Å². The number of nitrogens with one attached hydrogen (secondary N) is 3. The van der Waals surface area contributed by atoms with Crippen LogP contribution in [0.5, 0.6) is 0 Å². The van der Waals surface area contributed by atoms with Crippen molar-refractivity contribution in [1.29, 1.82) is 0 Å². The Hall–Kier alpha value is -1.71. The molecule has 21 heavy (non-hydrogen) atoms. The maximum absolute atomic E-state index is 11.7. The van der Waals surface area contributed by atoms with Crippen molar-refractivity contribution in [2.45, 2.75) is 11.8 Å². The Labute approximate surface area is 124 Å². The van der Waals surface area contributed by atoms with Crippen molar-refractivity contribution in [3.05, 3.63) is 28.3 Å². The molecule has 0 bridgehead atoms. The van der Waals surface area contributed by atoms with Crippen LogP contribution in [0.1, 0.15) is 6.92 Å². The zero-order valence-electron chi connectivity index (χ0n) is 12.2. The number of hydrogen-bond donors (Lipinski definition) is 3. The molecule has 0 aliphatic carbocycles. The van der Waals surface area contributed by atoms with E-state index in [9.17, 15) is 18.5 Å². The molecule has 0 aliphatic heterocycles. The fraction of sp³-hybridized carbons (Fsp3) is 0.500. The number of nitrogens with zero attached hydrogens (tertiary/aromatic N) is 1. The van der Waals surface area contributed by atoms with E-state index < -0.39 is 14.9 Å². The molecular formula is C12H20N4O4S. The summed E-state index contributed by atoms with van der Waals surface area (Å²) in [6.45, 7) is 3.31. The largest absolute Gasteiger partial charge is 0.379 e. The van der Waals surface area contributed by atoms with Crippen LogP contribution >= 0.6 is 0 Å². The highest BCUT2D eigenvalue weighted by atomic mass is 32.2. The lowest BCUT2D eigenvalue weighted by Crippen LogP contribution is -2.23. The second kappa shape index (κ2) is 7.34. The van der Waals surface area contributed by atoms with Gasteiger partial charge in [0, 0.05) is 12.6 Å². The highest BCUT2D eigenvalue weighted by Gasteiger charge is 2.20. The van der Waals surface area contributed by atoms with Crippen LogP contribution in [-0.4, -0.2) is 40.5 Å². The number of rotatable bonds is 8. The summed E-state index contributed by atoms with van der Waals surface area (Å²) in [6.07, 6.45) is 0. The Morgan fingerprint density at radius 1 is 1.29 bits per heavy atom. The van der Waals surface area contributed by atoms with Gasteiger partial charge in [-0.25, -0.2) is 13.1 Å². The van der Waals surface area contributed by atoms with Crippen molar-refractivity contribution in [2.24, 2.45) is 5.92 Å². The number of nitro benzene ring substituents is 1. The molecule has 0 fully saturated rings. The van der Waals surface area contributed by atoms with Crippen LogP contribution in [0.4, 0.5) is 11.4 Å². The van der Waals surface area contributed by atoms with Gasteiger partial charge >= 0.3 is 0 Å². The molecule has 0 spiro atoms. The van der Waals surface area contributed by atoms with Gasteiger partial charge in [0.1, 0.15) is 5.69 Å². The minimum absolute atomic E-state index is 0.134. The van der Waals surface area contributed by atoms with Crippen LogP contribution in [0, 0.1) is 16.0 Å². The Morgan fingerprint density at radius 2 is 1.95 bits per heavy atom. The minimum Gasteiger partial charge on any atom is -0.379 e. The van der Waals surface area contributed by atoms with Gasteiger partial charge in [-0.3, -0.25) is 10.1 Å². The summed E-state index contributed by atoms with van der Waals surface area (Å²) in [5.41, 5.74) is 0.0426. The summed E-state index contributed by atoms with van der Waals surface area (Å²) in [5.74, 6) is 0.273. The van der Waals surface area contributed by atoms with Crippen molar-refractivity contribution in [3.8, 4) is 0 Å². The molecular weight excluding hydrogens is 296 g/mol. The van der Waals surface area contributed by atoms with E-state index in [2.05, 4.69) is 15.4 Å². The molecule has 1 atom stereocenters. The van der Waals surface area contributed by atoms with E-state index in [0.29, 0.717) is 12.2 Å². The average molecular weight is 316 g/mol. The van der Waals surface area contributed by atoms with Crippen molar-refractivity contribution < 1.29 is 13.3 Å². The Kier molecular flexibility index (Phi) is 6.06. The summed E-state index contributed by atoms with van der Waals surface area (Å²) < 4.78 is 25.5. The molecule has 1 unspecified atom stereocenters. The average Bonchev–Trinajstić information content (AvgIpc) is 2.45. The molecule has 0 aromatic heterocycles. The number of hydrogen-bond acceptors (Lipinski definition) is 6. The van der Waals surface area contributed by atoms with Crippen LogP contribution in [0.3, 0.4) is 0 Å². The summed E-state index contributed by atoms with van der Waals surface area (Å²) in [6, 6.07) is 3.80. The minimum atomic E-state index is -3.70. The third kappa shape index (κ3) is 4.66. The Bertz CT molecular complexity index is 603.